The number of benzene rings is 2. The predicted molar refractivity (Wildman–Crippen MR) is 88.7 cm³/mol. The number of sulfone groups is 1. The second-order valence-corrected chi connectivity index (χ2v) is 7.96. The summed E-state index contributed by atoms with van der Waals surface area (Å²) in [6.07, 6.45) is 0. The summed E-state index contributed by atoms with van der Waals surface area (Å²) in [5.74, 6) is -8.94. The lowest BCUT2D eigenvalue weighted by atomic mass is 10.1. The molecule has 28 heavy (non-hydrogen) atoms. The first-order valence-corrected chi connectivity index (χ1v) is 9.14. The highest BCUT2D eigenvalue weighted by molar-refractivity contribution is 7.91. The zero-order valence-electron chi connectivity index (χ0n) is 14.1. The smallest absolute Gasteiger partial charge is 0.257 e. The van der Waals surface area contributed by atoms with Crippen molar-refractivity contribution in [1.82, 2.24) is 0 Å². The van der Waals surface area contributed by atoms with Gasteiger partial charge in [-0.1, -0.05) is 0 Å². The van der Waals surface area contributed by atoms with Crippen molar-refractivity contribution in [3.8, 4) is 6.07 Å². The Morgan fingerprint density at radius 2 is 1.71 bits per heavy atom. The maximum absolute atomic E-state index is 13.8. The minimum atomic E-state index is -4.27. The maximum atomic E-state index is 13.8. The van der Waals surface area contributed by atoms with E-state index in [-0.39, 0.29) is 4.90 Å². The van der Waals surface area contributed by atoms with Crippen LogP contribution in [-0.2, 0) is 14.6 Å². The van der Waals surface area contributed by atoms with Crippen LogP contribution >= 0.6 is 0 Å². The molecule has 0 bridgehead atoms. The maximum Gasteiger partial charge on any atom is 0.257 e. The van der Waals surface area contributed by atoms with E-state index in [2.05, 4.69) is 0 Å². The molecule has 1 atom stereocenters. The second-order valence-electron chi connectivity index (χ2n) is 5.97. The minimum Gasteiger partial charge on any atom is -0.379 e. The number of aliphatic hydroxyl groups is 1. The molecular weight excluding hydrogens is 404 g/mol. The zero-order chi connectivity index (χ0) is 21.3. The number of nitrogens with zero attached hydrogens (tertiary/aromatic N) is 1. The predicted octanol–water partition coefficient (Wildman–Crippen LogP) is 2.28. The summed E-state index contributed by atoms with van der Waals surface area (Å²) in [6.45, 7) is 0.798. The van der Waals surface area contributed by atoms with Gasteiger partial charge in [-0.2, -0.15) is 5.26 Å². The standard InChI is InChI=1S/C17H12F4N2O4S/c1-17(25,8-28(26,27)11-4-2-10(18)3-5-11)16(24)23-12-6-9(7-22)13(19)15(21)14(12)20/h2-6,25H,8H2,1H3,(H,23,24). The van der Waals surface area contributed by atoms with Gasteiger partial charge in [0.1, 0.15) is 11.9 Å². The highest BCUT2D eigenvalue weighted by Gasteiger charge is 2.37. The highest BCUT2D eigenvalue weighted by Crippen LogP contribution is 2.25. The molecule has 1 amide bonds. The van der Waals surface area contributed by atoms with Crippen molar-refractivity contribution in [3.05, 3.63) is 59.2 Å². The number of rotatable bonds is 5. The van der Waals surface area contributed by atoms with E-state index in [9.17, 15) is 35.9 Å². The lowest BCUT2D eigenvalue weighted by Gasteiger charge is -2.22. The Bertz CT molecular complexity index is 1080. The van der Waals surface area contributed by atoms with Gasteiger partial charge < -0.3 is 10.4 Å². The number of amides is 1. The third-order valence-corrected chi connectivity index (χ3v) is 5.58. The number of halogens is 4. The molecule has 2 N–H and O–H groups in total. The Morgan fingerprint density at radius 3 is 2.25 bits per heavy atom. The molecule has 0 aliphatic rings. The molecule has 0 saturated carbocycles. The van der Waals surface area contributed by atoms with E-state index < -0.39 is 61.6 Å². The molecule has 1 unspecified atom stereocenters. The number of nitrogens with one attached hydrogen (secondary N) is 1. The SMILES string of the molecule is CC(O)(CS(=O)(=O)c1ccc(F)cc1)C(=O)Nc1cc(C#N)c(F)c(F)c1F. The van der Waals surface area contributed by atoms with Crippen molar-refractivity contribution < 1.29 is 35.9 Å². The lowest BCUT2D eigenvalue weighted by Crippen LogP contribution is -2.46. The normalized spacial score (nSPS) is 13.5. The fraction of sp³-hybridized carbons (Fsp3) is 0.176. The third-order valence-electron chi connectivity index (χ3n) is 3.65. The van der Waals surface area contributed by atoms with Crippen LogP contribution in [0.4, 0.5) is 23.2 Å². The third kappa shape index (κ3) is 4.29. The van der Waals surface area contributed by atoms with E-state index in [1.54, 1.807) is 5.32 Å². The molecule has 0 aliphatic heterocycles. The lowest BCUT2D eigenvalue weighted by molar-refractivity contribution is -0.130. The van der Waals surface area contributed by atoms with Gasteiger partial charge in [0.15, 0.2) is 32.9 Å². The van der Waals surface area contributed by atoms with Gasteiger partial charge in [0.2, 0.25) is 0 Å². The van der Waals surface area contributed by atoms with Gasteiger partial charge in [0.25, 0.3) is 5.91 Å². The average Bonchev–Trinajstić information content (AvgIpc) is 2.61. The molecule has 0 spiro atoms. The van der Waals surface area contributed by atoms with Crippen LogP contribution < -0.4 is 5.32 Å². The van der Waals surface area contributed by atoms with Crippen LogP contribution in [0.2, 0.25) is 0 Å². The number of carbonyl (C=O) groups is 1. The van der Waals surface area contributed by atoms with E-state index >= 15 is 0 Å². The quantitative estimate of drug-likeness (QED) is 0.442. The first kappa shape index (κ1) is 21.3. The molecule has 6 nitrogen and oxygen atoms in total. The summed E-state index contributed by atoms with van der Waals surface area (Å²) in [6, 6.07) is 5.33. The first-order chi connectivity index (χ1) is 12.9. The Morgan fingerprint density at radius 1 is 1.14 bits per heavy atom. The molecule has 0 fully saturated rings. The van der Waals surface area contributed by atoms with Crippen LogP contribution in [0.15, 0.2) is 35.2 Å². The number of nitriles is 1. The van der Waals surface area contributed by atoms with Crippen molar-refractivity contribution in [2.24, 2.45) is 0 Å². The summed E-state index contributed by atoms with van der Waals surface area (Å²) < 4.78 is 78.1. The summed E-state index contributed by atoms with van der Waals surface area (Å²) in [7, 11) is -4.27. The van der Waals surface area contributed by atoms with Crippen LogP contribution in [0.1, 0.15) is 12.5 Å². The molecule has 11 heteroatoms. The molecule has 2 rings (SSSR count). The van der Waals surface area contributed by atoms with E-state index in [0.29, 0.717) is 6.07 Å². The van der Waals surface area contributed by atoms with Crippen molar-refractivity contribution in [3.63, 3.8) is 0 Å². The van der Waals surface area contributed by atoms with E-state index in [4.69, 9.17) is 5.26 Å². The van der Waals surface area contributed by atoms with Gasteiger partial charge in [-0.3, -0.25) is 4.79 Å². The second kappa shape index (κ2) is 7.57. The molecule has 0 saturated heterocycles. The van der Waals surface area contributed by atoms with Gasteiger partial charge in [0, 0.05) is 0 Å². The molecular formula is C17H12F4N2O4S. The molecule has 2 aromatic rings. The summed E-state index contributed by atoms with van der Waals surface area (Å²) >= 11 is 0. The number of hydrogen-bond acceptors (Lipinski definition) is 5. The van der Waals surface area contributed by atoms with Gasteiger partial charge >= 0.3 is 0 Å². The van der Waals surface area contributed by atoms with Crippen LogP contribution in [0, 0.1) is 34.6 Å². The fourth-order valence-electron chi connectivity index (χ4n) is 2.19. The van der Waals surface area contributed by atoms with E-state index in [1.807, 2.05) is 0 Å². The largest absolute Gasteiger partial charge is 0.379 e. The number of anilines is 1. The van der Waals surface area contributed by atoms with Gasteiger partial charge in [-0.05, 0) is 37.3 Å². The Kier molecular flexibility index (Phi) is 5.77. The number of hydrogen-bond donors (Lipinski definition) is 2. The van der Waals surface area contributed by atoms with Gasteiger partial charge in [0.05, 0.1) is 21.9 Å². The topological polar surface area (TPSA) is 107 Å². The van der Waals surface area contributed by atoms with E-state index in [0.717, 1.165) is 31.2 Å². The molecule has 0 aromatic heterocycles. The fourth-order valence-corrected chi connectivity index (χ4v) is 3.78. The zero-order valence-corrected chi connectivity index (χ0v) is 14.9. The molecule has 0 aliphatic carbocycles. The number of carbonyl (C=O) groups excluding carboxylic acids is 1. The average molecular weight is 416 g/mol. The Labute approximate surface area is 156 Å². The highest BCUT2D eigenvalue weighted by atomic mass is 32.2. The van der Waals surface area contributed by atoms with Crippen molar-refractivity contribution in [1.29, 1.82) is 5.26 Å². The first-order valence-electron chi connectivity index (χ1n) is 7.49. The minimum absolute atomic E-state index is 0.382. The summed E-state index contributed by atoms with van der Waals surface area (Å²) in [4.78, 5) is 11.8. The van der Waals surface area contributed by atoms with Gasteiger partial charge in [-0.25, -0.2) is 26.0 Å². The van der Waals surface area contributed by atoms with Crippen molar-refractivity contribution in [2.45, 2.75) is 17.4 Å². The monoisotopic (exact) mass is 416 g/mol. The van der Waals surface area contributed by atoms with Gasteiger partial charge in [-0.15, -0.1) is 0 Å². The molecule has 2 aromatic carbocycles. The van der Waals surface area contributed by atoms with Crippen LogP contribution in [0.3, 0.4) is 0 Å². The van der Waals surface area contributed by atoms with Crippen LogP contribution in [0.25, 0.3) is 0 Å². The van der Waals surface area contributed by atoms with E-state index in [1.165, 1.54) is 6.07 Å². The Hall–Kier alpha value is -2.97. The van der Waals surface area contributed by atoms with Crippen molar-refractivity contribution >= 4 is 21.4 Å². The van der Waals surface area contributed by atoms with Crippen LogP contribution in [0.5, 0.6) is 0 Å². The van der Waals surface area contributed by atoms with Crippen LogP contribution in [-0.4, -0.2) is 30.8 Å². The summed E-state index contributed by atoms with van der Waals surface area (Å²) in [5.41, 5.74) is -4.50. The molecule has 148 valence electrons. The molecule has 0 radical (unpaired) electrons. The Balaban J connectivity index is 2.30. The molecule has 0 heterocycles. The van der Waals surface area contributed by atoms with Crippen molar-refractivity contribution in [2.75, 3.05) is 11.1 Å². The summed E-state index contributed by atoms with van der Waals surface area (Å²) in [5, 5.41) is 20.7.